The Bertz CT molecular complexity index is 402. The first-order chi connectivity index (χ1) is 10.1. The lowest BCUT2D eigenvalue weighted by Crippen LogP contribution is -2.39. The number of aliphatic hydroxyl groups is 1. The van der Waals surface area contributed by atoms with Gasteiger partial charge in [0.25, 0.3) is 0 Å². The normalized spacial score (nSPS) is 14.8. The molecule has 0 amide bonds. The van der Waals surface area contributed by atoms with Crippen LogP contribution in [0.4, 0.5) is 0 Å². The van der Waals surface area contributed by atoms with E-state index in [0.29, 0.717) is 11.7 Å². The molecule has 0 bridgehead atoms. The number of nitrogens with one attached hydrogen (secondary N) is 2. The fourth-order valence-electron chi connectivity index (χ4n) is 1.76. The largest absolute Gasteiger partial charge is 0.466 e. The molecule has 1 heterocycles. The van der Waals surface area contributed by atoms with E-state index in [0.717, 1.165) is 32.7 Å². The van der Waals surface area contributed by atoms with Crippen LogP contribution in [0.2, 0.25) is 0 Å². The highest BCUT2D eigenvalue weighted by atomic mass is 16.5. The van der Waals surface area contributed by atoms with Gasteiger partial charge in [0, 0.05) is 26.3 Å². The molecule has 1 unspecified atom stereocenters. The van der Waals surface area contributed by atoms with Gasteiger partial charge < -0.3 is 24.9 Å². The van der Waals surface area contributed by atoms with Gasteiger partial charge in [0.05, 0.1) is 12.8 Å². The van der Waals surface area contributed by atoms with Crippen LogP contribution in [0.3, 0.4) is 0 Å². The van der Waals surface area contributed by atoms with E-state index >= 15 is 0 Å². The quantitative estimate of drug-likeness (QED) is 0.365. The Labute approximate surface area is 126 Å². The number of hydrogen-bond donors (Lipinski definition) is 3. The molecule has 0 fully saturated rings. The zero-order chi connectivity index (χ0) is 15.6. The van der Waals surface area contributed by atoms with Crippen LogP contribution in [0, 0.1) is 0 Å². The molecule has 1 aromatic heterocycles. The zero-order valence-electron chi connectivity index (χ0n) is 13.2. The Kier molecular flexibility index (Phi) is 7.85. The van der Waals surface area contributed by atoms with Crippen LogP contribution in [0.1, 0.15) is 33.0 Å². The molecule has 21 heavy (non-hydrogen) atoms. The second kappa shape index (κ2) is 9.41. The summed E-state index contributed by atoms with van der Waals surface area (Å²) in [6.45, 7) is 8.90. The molecule has 0 aliphatic carbocycles. The van der Waals surface area contributed by atoms with Gasteiger partial charge in [-0.25, -0.2) is 4.99 Å². The second-order valence-corrected chi connectivity index (χ2v) is 4.92. The lowest BCUT2D eigenvalue weighted by molar-refractivity contribution is 0.0437. The Balaban J connectivity index is 2.47. The maximum atomic E-state index is 10.4. The van der Waals surface area contributed by atoms with Crippen LogP contribution in [-0.2, 0) is 10.3 Å². The smallest absolute Gasteiger partial charge is 0.191 e. The average molecular weight is 297 g/mol. The summed E-state index contributed by atoms with van der Waals surface area (Å²) in [7, 11) is 0. The van der Waals surface area contributed by atoms with Gasteiger partial charge in [0.2, 0.25) is 0 Å². The van der Waals surface area contributed by atoms with Crippen molar-refractivity contribution in [3.8, 4) is 0 Å². The third-order valence-corrected chi connectivity index (χ3v) is 2.90. The van der Waals surface area contributed by atoms with Crippen LogP contribution in [0.15, 0.2) is 27.8 Å². The van der Waals surface area contributed by atoms with Crippen LogP contribution in [-0.4, -0.2) is 43.9 Å². The molecule has 6 heteroatoms. The van der Waals surface area contributed by atoms with Crippen molar-refractivity contribution >= 4 is 5.96 Å². The summed E-state index contributed by atoms with van der Waals surface area (Å²) in [4.78, 5) is 4.40. The van der Waals surface area contributed by atoms with Crippen molar-refractivity contribution in [3.63, 3.8) is 0 Å². The maximum Gasteiger partial charge on any atom is 0.191 e. The van der Waals surface area contributed by atoms with E-state index in [1.54, 1.807) is 25.3 Å². The van der Waals surface area contributed by atoms with Gasteiger partial charge in [0.15, 0.2) is 5.96 Å². The summed E-state index contributed by atoms with van der Waals surface area (Å²) in [6, 6.07) is 3.50. The highest BCUT2D eigenvalue weighted by molar-refractivity contribution is 5.79. The molecular formula is C15H27N3O3. The summed E-state index contributed by atoms with van der Waals surface area (Å²) in [5.74, 6) is 1.19. The molecule has 0 spiro atoms. The number of hydrogen-bond acceptors (Lipinski definition) is 4. The fraction of sp³-hybridized carbons (Fsp3) is 0.667. The van der Waals surface area contributed by atoms with Gasteiger partial charge in [-0.2, -0.15) is 0 Å². The number of aliphatic imine (C=N–C) groups is 1. The average Bonchev–Trinajstić information content (AvgIpc) is 2.99. The molecular weight excluding hydrogens is 270 g/mol. The predicted octanol–water partition coefficient (Wildman–Crippen LogP) is 1.47. The summed E-state index contributed by atoms with van der Waals surface area (Å²) >= 11 is 0. The first-order valence-corrected chi connectivity index (χ1v) is 7.46. The van der Waals surface area contributed by atoms with Crippen LogP contribution in [0.5, 0.6) is 0 Å². The minimum Gasteiger partial charge on any atom is -0.466 e. The molecule has 0 saturated heterocycles. The van der Waals surface area contributed by atoms with E-state index in [1.807, 2.05) is 13.8 Å². The number of ether oxygens (including phenoxy) is 1. The zero-order valence-corrected chi connectivity index (χ0v) is 13.2. The third-order valence-electron chi connectivity index (χ3n) is 2.90. The SMILES string of the molecule is CCNC(=NCC(C)(O)c1ccco1)NCCCOCC. The Morgan fingerprint density at radius 1 is 1.43 bits per heavy atom. The predicted molar refractivity (Wildman–Crippen MR) is 83.4 cm³/mol. The van der Waals surface area contributed by atoms with Crippen molar-refractivity contribution in [1.82, 2.24) is 10.6 Å². The fourth-order valence-corrected chi connectivity index (χ4v) is 1.76. The third kappa shape index (κ3) is 6.64. The number of rotatable bonds is 9. The van der Waals surface area contributed by atoms with Gasteiger partial charge >= 0.3 is 0 Å². The molecule has 0 aromatic carbocycles. The van der Waals surface area contributed by atoms with Crippen molar-refractivity contribution in [1.29, 1.82) is 0 Å². The minimum absolute atomic E-state index is 0.224. The van der Waals surface area contributed by atoms with E-state index in [4.69, 9.17) is 9.15 Å². The summed E-state index contributed by atoms with van der Waals surface area (Å²) in [5, 5.41) is 16.7. The number of nitrogens with zero attached hydrogens (tertiary/aromatic N) is 1. The van der Waals surface area contributed by atoms with Crippen LogP contribution >= 0.6 is 0 Å². The molecule has 120 valence electrons. The van der Waals surface area contributed by atoms with Gasteiger partial charge in [0.1, 0.15) is 11.4 Å². The summed E-state index contributed by atoms with van der Waals surface area (Å²) in [5.41, 5.74) is -1.11. The molecule has 1 rings (SSSR count). The van der Waals surface area contributed by atoms with Crippen molar-refractivity contribution in [2.45, 2.75) is 32.8 Å². The molecule has 3 N–H and O–H groups in total. The summed E-state index contributed by atoms with van der Waals surface area (Å²) < 4.78 is 10.5. The highest BCUT2D eigenvalue weighted by Gasteiger charge is 2.25. The first-order valence-electron chi connectivity index (χ1n) is 7.46. The van der Waals surface area contributed by atoms with E-state index in [-0.39, 0.29) is 6.54 Å². The molecule has 0 aliphatic rings. The van der Waals surface area contributed by atoms with Crippen molar-refractivity contribution in [3.05, 3.63) is 24.2 Å². The monoisotopic (exact) mass is 297 g/mol. The molecule has 0 radical (unpaired) electrons. The minimum atomic E-state index is -1.11. The highest BCUT2D eigenvalue weighted by Crippen LogP contribution is 2.20. The first kappa shape index (κ1) is 17.5. The van der Waals surface area contributed by atoms with Crippen molar-refractivity contribution in [2.75, 3.05) is 32.8 Å². The Morgan fingerprint density at radius 2 is 2.24 bits per heavy atom. The van der Waals surface area contributed by atoms with Gasteiger partial charge in [-0.05, 0) is 39.3 Å². The summed E-state index contributed by atoms with van der Waals surface area (Å²) in [6.07, 6.45) is 2.46. The topological polar surface area (TPSA) is 79.0 Å². The van der Waals surface area contributed by atoms with Crippen LogP contribution in [0.25, 0.3) is 0 Å². The van der Waals surface area contributed by atoms with E-state index in [1.165, 1.54) is 0 Å². The van der Waals surface area contributed by atoms with Gasteiger partial charge in [-0.15, -0.1) is 0 Å². The lowest BCUT2D eigenvalue weighted by Gasteiger charge is -2.19. The second-order valence-electron chi connectivity index (χ2n) is 4.92. The van der Waals surface area contributed by atoms with Gasteiger partial charge in [-0.3, -0.25) is 0 Å². The molecule has 1 aromatic rings. The van der Waals surface area contributed by atoms with E-state index in [2.05, 4.69) is 15.6 Å². The van der Waals surface area contributed by atoms with Crippen molar-refractivity contribution in [2.24, 2.45) is 4.99 Å². The Hall–Kier alpha value is -1.53. The molecule has 1 atom stereocenters. The van der Waals surface area contributed by atoms with E-state index < -0.39 is 5.60 Å². The van der Waals surface area contributed by atoms with E-state index in [9.17, 15) is 5.11 Å². The lowest BCUT2D eigenvalue weighted by atomic mass is 10.0. The molecule has 0 saturated carbocycles. The standard InChI is InChI=1S/C15H27N3O3/c1-4-16-14(17-9-7-10-20-5-2)18-12-15(3,19)13-8-6-11-21-13/h6,8,11,19H,4-5,7,9-10,12H2,1-3H3,(H2,16,17,18). The number of furan rings is 1. The molecule has 0 aliphatic heterocycles. The van der Waals surface area contributed by atoms with Crippen LogP contribution < -0.4 is 10.6 Å². The molecule has 6 nitrogen and oxygen atoms in total. The van der Waals surface area contributed by atoms with Gasteiger partial charge in [-0.1, -0.05) is 0 Å². The Morgan fingerprint density at radius 3 is 2.86 bits per heavy atom. The number of guanidine groups is 1. The maximum absolute atomic E-state index is 10.4. The van der Waals surface area contributed by atoms with Crippen molar-refractivity contribution < 1.29 is 14.3 Å².